The van der Waals surface area contributed by atoms with Crippen molar-refractivity contribution in [2.75, 3.05) is 0 Å². The first kappa shape index (κ1) is 6.90. The van der Waals surface area contributed by atoms with Crippen molar-refractivity contribution in [2.24, 2.45) is 23.7 Å². The first-order chi connectivity index (χ1) is 5.84. The molecular formula is C11H14O. The van der Waals surface area contributed by atoms with Gasteiger partial charge in [-0.2, -0.15) is 0 Å². The second-order valence-corrected chi connectivity index (χ2v) is 4.38. The van der Waals surface area contributed by atoms with Gasteiger partial charge in [-0.15, -0.1) is 0 Å². The Morgan fingerprint density at radius 1 is 0.917 bits per heavy atom. The molecular weight excluding hydrogens is 148 g/mol. The predicted molar refractivity (Wildman–Crippen MR) is 47.5 cm³/mol. The van der Waals surface area contributed by atoms with Crippen molar-refractivity contribution in [3.63, 3.8) is 0 Å². The van der Waals surface area contributed by atoms with Crippen molar-refractivity contribution in [1.29, 1.82) is 0 Å². The molecule has 1 saturated carbocycles. The van der Waals surface area contributed by atoms with Crippen LogP contribution in [0.25, 0.3) is 0 Å². The number of allylic oxidation sites excluding steroid dienone is 3. The van der Waals surface area contributed by atoms with Crippen LogP contribution in [0.15, 0.2) is 24.3 Å². The van der Waals surface area contributed by atoms with Crippen LogP contribution in [0.3, 0.4) is 0 Å². The van der Waals surface area contributed by atoms with Gasteiger partial charge in [0.15, 0.2) is 0 Å². The van der Waals surface area contributed by atoms with Gasteiger partial charge in [0.05, 0.1) is 6.10 Å². The van der Waals surface area contributed by atoms with Gasteiger partial charge in [0.2, 0.25) is 0 Å². The van der Waals surface area contributed by atoms with E-state index in [1.807, 2.05) is 0 Å². The van der Waals surface area contributed by atoms with Gasteiger partial charge in [-0.05, 0) is 30.6 Å². The monoisotopic (exact) mass is 162 g/mol. The van der Waals surface area contributed by atoms with E-state index >= 15 is 0 Å². The molecule has 1 nitrogen and oxygen atoms in total. The summed E-state index contributed by atoms with van der Waals surface area (Å²) in [5.74, 6) is 2.65. The summed E-state index contributed by atoms with van der Waals surface area (Å²) in [6, 6.07) is 0. The summed E-state index contributed by atoms with van der Waals surface area (Å²) in [5, 5.41) is 9.76. The van der Waals surface area contributed by atoms with E-state index in [0.717, 1.165) is 12.3 Å². The van der Waals surface area contributed by atoms with Gasteiger partial charge < -0.3 is 5.11 Å². The van der Waals surface area contributed by atoms with E-state index < -0.39 is 0 Å². The Morgan fingerprint density at radius 2 is 1.67 bits per heavy atom. The maximum Gasteiger partial charge on any atom is 0.0608 e. The van der Waals surface area contributed by atoms with E-state index in [0.29, 0.717) is 17.8 Å². The number of aliphatic hydroxyl groups is 1. The topological polar surface area (TPSA) is 20.2 Å². The Bertz CT molecular complexity index is 254. The summed E-state index contributed by atoms with van der Waals surface area (Å²) in [6.45, 7) is 0. The maximum atomic E-state index is 9.76. The molecule has 5 atom stereocenters. The standard InChI is InChI=1S/C11H14O/c12-11-6-8-3-1-7-2-4-9(11)5-10(7)8/h1-4,7-12H,5-6H2/t7-,8+,9+,10-,11+/m0/s1. The van der Waals surface area contributed by atoms with E-state index in [4.69, 9.17) is 0 Å². The molecule has 0 aliphatic heterocycles. The average molecular weight is 162 g/mol. The fourth-order valence-corrected chi connectivity index (χ4v) is 3.04. The molecule has 0 aromatic rings. The minimum absolute atomic E-state index is 0.0776. The Morgan fingerprint density at radius 3 is 2.50 bits per heavy atom. The molecule has 2 bridgehead atoms. The Balaban J connectivity index is 2.00. The number of fused-ring (bicyclic) bond motifs is 1. The van der Waals surface area contributed by atoms with Crippen LogP contribution in [0.4, 0.5) is 0 Å². The molecule has 0 radical (unpaired) electrons. The van der Waals surface area contributed by atoms with Crippen LogP contribution < -0.4 is 0 Å². The lowest BCUT2D eigenvalue weighted by molar-refractivity contribution is 0.0408. The molecule has 1 heteroatoms. The average Bonchev–Trinajstić information content (AvgIpc) is 2.50. The number of rotatable bonds is 0. The van der Waals surface area contributed by atoms with Crippen molar-refractivity contribution in [2.45, 2.75) is 18.9 Å². The maximum absolute atomic E-state index is 9.76. The third-order valence-electron chi connectivity index (χ3n) is 3.76. The van der Waals surface area contributed by atoms with Gasteiger partial charge in [0.1, 0.15) is 0 Å². The van der Waals surface area contributed by atoms with E-state index in [1.165, 1.54) is 6.42 Å². The zero-order chi connectivity index (χ0) is 8.13. The van der Waals surface area contributed by atoms with Crippen molar-refractivity contribution in [1.82, 2.24) is 0 Å². The Labute approximate surface area is 72.8 Å². The summed E-state index contributed by atoms with van der Waals surface area (Å²) in [6.07, 6.45) is 11.3. The van der Waals surface area contributed by atoms with E-state index in [-0.39, 0.29) is 6.10 Å². The fraction of sp³-hybridized carbons (Fsp3) is 0.636. The third-order valence-corrected chi connectivity index (χ3v) is 3.76. The third kappa shape index (κ3) is 0.776. The Hall–Kier alpha value is -0.560. The van der Waals surface area contributed by atoms with Gasteiger partial charge in [0, 0.05) is 5.92 Å². The van der Waals surface area contributed by atoms with Crippen molar-refractivity contribution in [3.05, 3.63) is 24.3 Å². The minimum Gasteiger partial charge on any atom is -0.392 e. The van der Waals surface area contributed by atoms with Gasteiger partial charge in [0.25, 0.3) is 0 Å². The SMILES string of the molecule is O[C@@H]1C[C@H]2C=C[C@H]3C=C[C@@H]1C[C@@H]32. The highest BCUT2D eigenvalue weighted by atomic mass is 16.3. The van der Waals surface area contributed by atoms with Crippen LogP contribution >= 0.6 is 0 Å². The molecule has 0 spiro atoms. The molecule has 3 rings (SSSR count). The van der Waals surface area contributed by atoms with E-state index in [9.17, 15) is 5.11 Å². The van der Waals surface area contributed by atoms with Crippen LogP contribution in [0.5, 0.6) is 0 Å². The zero-order valence-electron chi connectivity index (χ0n) is 7.06. The second-order valence-electron chi connectivity index (χ2n) is 4.38. The molecule has 64 valence electrons. The quantitative estimate of drug-likeness (QED) is 0.538. The zero-order valence-corrected chi connectivity index (χ0v) is 7.06. The van der Waals surface area contributed by atoms with E-state index in [1.54, 1.807) is 0 Å². The number of hydrogen-bond donors (Lipinski definition) is 1. The largest absolute Gasteiger partial charge is 0.392 e. The highest BCUT2D eigenvalue weighted by molar-refractivity contribution is 5.20. The summed E-state index contributed by atoms with van der Waals surface area (Å²) in [7, 11) is 0. The lowest BCUT2D eigenvalue weighted by Gasteiger charge is -2.39. The van der Waals surface area contributed by atoms with Crippen LogP contribution in [0.2, 0.25) is 0 Å². The highest BCUT2D eigenvalue weighted by Gasteiger charge is 2.41. The highest BCUT2D eigenvalue weighted by Crippen LogP contribution is 2.47. The molecule has 0 heterocycles. The molecule has 0 saturated heterocycles. The summed E-state index contributed by atoms with van der Waals surface area (Å²) < 4.78 is 0. The molecule has 0 aromatic heterocycles. The Kier molecular flexibility index (Phi) is 1.28. The van der Waals surface area contributed by atoms with Crippen molar-refractivity contribution < 1.29 is 5.11 Å². The van der Waals surface area contributed by atoms with Crippen LogP contribution in [0, 0.1) is 23.7 Å². The lowest BCUT2D eigenvalue weighted by atomic mass is 9.68. The van der Waals surface area contributed by atoms with Crippen LogP contribution in [-0.4, -0.2) is 11.2 Å². The van der Waals surface area contributed by atoms with Gasteiger partial charge in [-0.25, -0.2) is 0 Å². The number of hydrogen-bond acceptors (Lipinski definition) is 1. The molecule has 0 unspecified atom stereocenters. The van der Waals surface area contributed by atoms with Gasteiger partial charge in [-0.1, -0.05) is 24.3 Å². The lowest BCUT2D eigenvalue weighted by Crippen LogP contribution is -2.36. The summed E-state index contributed by atoms with van der Waals surface area (Å²) >= 11 is 0. The minimum atomic E-state index is -0.0776. The molecule has 0 aromatic carbocycles. The normalized spacial score (nSPS) is 54.6. The summed E-state index contributed by atoms with van der Waals surface area (Å²) in [4.78, 5) is 0. The molecule has 3 aliphatic rings. The predicted octanol–water partition coefficient (Wildman–Crippen LogP) is 1.75. The first-order valence-corrected chi connectivity index (χ1v) is 4.89. The number of aliphatic hydroxyl groups excluding tert-OH is 1. The van der Waals surface area contributed by atoms with Gasteiger partial charge >= 0.3 is 0 Å². The molecule has 1 fully saturated rings. The van der Waals surface area contributed by atoms with Gasteiger partial charge in [-0.3, -0.25) is 0 Å². The summed E-state index contributed by atoms with van der Waals surface area (Å²) in [5.41, 5.74) is 0. The smallest absolute Gasteiger partial charge is 0.0608 e. The molecule has 12 heavy (non-hydrogen) atoms. The second kappa shape index (κ2) is 2.23. The van der Waals surface area contributed by atoms with Crippen LogP contribution in [0.1, 0.15) is 12.8 Å². The van der Waals surface area contributed by atoms with Crippen molar-refractivity contribution in [3.8, 4) is 0 Å². The van der Waals surface area contributed by atoms with E-state index in [2.05, 4.69) is 24.3 Å². The first-order valence-electron chi connectivity index (χ1n) is 4.89. The van der Waals surface area contributed by atoms with Crippen LogP contribution in [-0.2, 0) is 0 Å². The molecule has 1 N–H and O–H groups in total. The van der Waals surface area contributed by atoms with Crippen molar-refractivity contribution >= 4 is 0 Å². The molecule has 0 amide bonds. The molecule has 3 aliphatic carbocycles. The fourth-order valence-electron chi connectivity index (χ4n) is 3.04.